The van der Waals surface area contributed by atoms with E-state index in [-0.39, 0.29) is 5.82 Å². The molecule has 0 aliphatic heterocycles. The Bertz CT molecular complexity index is 780. The van der Waals surface area contributed by atoms with Crippen LogP contribution in [0.3, 0.4) is 0 Å². The van der Waals surface area contributed by atoms with Gasteiger partial charge < -0.3 is 5.73 Å². The quantitative estimate of drug-likeness (QED) is 0.741. The highest BCUT2D eigenvalue weighted by molar-refractivity contribution is 9.10. The maximum atomic E-state index is 13.4. The summed E-state index contributed by atoms with van der Waals surface area (Å²) >= 11 is 3.41. The molecule has 0 saturated heterocycles. The summed E-state index contributed by atoms with van der Waals surface area (Å²) in [4.78, 5) is 4.49. The molecule has 1 aromatic carbocycles. The van der Waals surface area contributed by atoms with E-state index in [1.807, 2.05) is 29.5 Å². The van der Waals surface area contributed by atoms with E-state index in [0.29, 0.717) is 17.1 Å². The number of imidazole rings is 1. The third kappa shape index (κ3) is 1.90. The van der Waals surface area contributed by atoms with Crippen molar-refractivity contribution in [3.05, 3.63) is 52.4 Å². The number of nitrogens with zero attached hydrogens (tertiary/aromatic N) is 2. The number of nitrogens with two attached hydrogens (primary N) is 1. The number of aromatic nitrogens is 2. The molecule has 2 N–H and O–H groups in total. The standard InChI is InChI=1S/C14H11BrFN3/c1-8-3-2-4-12-18-13(14(17)19(8)12)10-7-9(16)5-6-11(10)15/h2-7H,17H2,1H3. The van der Waals surface area contributed by atoms with Crippen molar-refractivity contribution >= 4 is 27.4 Å². The maximum absolute atomic E-state index is 13.4. The maximum Gasteiger partial charge on any atom is 0.139 e. The number of halogens is 2. The van der Waals surface area contributed by atoms with E-state index in [0.717, 1.165) is 15.8 Å². The first-order valence-corrected chi connectivity index (χ1v) is 6.56. The smallest absolute Gasteiger partial charge is 0.139 e. The number of nitrogen functional groups attached to an aromatic ring is 1. The molecule has 96 valence electrons. The van der Waals surface area contributed by atoms with Gasteiger partial charge in [0.1, 0.15) is 23.0 Å². The second-order valence-electron chi connectivity index (χ2n) is 4.33. The number of anilines is 1. The van der Waals surface area contributed by atoms with E-state index in [2.05, 4.69) is 20.9 Å². The first kappa shape index (κ1) is 12.2. The highest BCUT2D eigenvalue weighted by atomic mass is 79.9. The van der Waals surface area contributed by atoms with Crippen LogP contribution in [0.25, 0.3) is 16.9 Å². The normalized spacial score (nSPS) is 11.1. The Morgan fingerprint density at radius 2 is 2.05 bits per heavy atom. The van der Waals surface area contributed by atoms with Crippen LogP contribution in [-0.4, -0.2) is 9.38 Å². The summed E-state index contributed by atoms with van der Waals surface area (Å²) in [5.74, 6) is 0.200. The second-order valence-corrected chi connectivity index (χ2v) is 5.18. The third-order valence-corrected chi connectivity index (χ3v) is 3.75. The minimum atomic E-state index is -0.314. The molecule has 3 rings (SSSR count). The van der Waals surface area contributed by atoms with Gasteiger partial charge in [-0.25, -0.2) is 9.37 Å². The van der Waals surface area contributed by atoms with E-state index >= 15 is 0 Å². The van der Waals surface area contributed by atoms with Crippen LogP contribution in [0, 0.1) is 12.7 Å². The average Bonchev–Trinajstić information content (AvgIpc) is 2.71. The molecule has 0 radical (unpaired) electrons. The summed E-state index contributed by atoms with van der Waals surface area (Å²) in [7, 11) is 0. The van der Waals surface area contributed by atoms with Gasteiger partial charge >= 0.3 is 0 Å². The van der Waals surface area contributed by atoms with E-state index < -0.39 is 0 Å². The van der Waals surface area contributed by atoms with Gasteiger partial charge in [0.15, 0.2) is 0 Å². The summed E-state index contributed by atoms with van der Waals surface area (Å²) in [5.41, 5.74) is 9.13. The van der Waals surface area contributed by atoms with Gasteiger partial charge in [-0.15, -0.1) is 0 Å². The third-order valence-electron chi connectivity index (χ3n) is 3.06. The molecule has 3 nitrogen and oxygen atoms in total. The Hall–Kier alpha value is -1.88. The molecule has 2 heterocycles. The van der Waals surface area contributed by atoms with Crippen LogP contribution in [0.2, 0.25) is 0 Å². The number of pyridine rings is 1. The van der Waals surface area contributed by atoms with Crippen molar-refractivity contribution in [2.45, 2.75) is 6.92 Å². The SMILES string of the molecule is Cc1cccc2nc(-c3cc(F)ccc3Br)c(N)n12. The summed E-state index contributed by atoms with van der Waals surface area (Å²) in [6, 6.07) is 10.2. The lowest BCUT2D eigenvalue weighted by Crippen LogP contribution is -1.97. The molecule has 0 unspecified atom stereocenters. The monoisotopic (exact) mass is 319 g/mol. The van der Waals surface area contributed by atoms with Crippen molar-refractivity contribution in [3.8, 4) is 11.3 Å². The Balaban J connectivity index is 2.34. The molecule has 0 fully saturated rings. The average molecular weight is 320 g/mol. The van der Waals surface area contributed by atoms with Gasteiger partial charge in [-0.2, -0.15) is 0 Å². The number of hydrogen-bond donors (Lipinski definition) is 1. The van der Waals surface area contributed by atoms with Gasteiger partial charge in [0.2, 0.25) is 0 Å². The van der Waals surface area contributed by atoms with Crippen LogP contribution in [0.1, 0.15) is 5.69 Å². The lowest BCUT2D eigenvalue weighted by atomic mass is 10.1. The molecule has 0 spiro atoms. The highest BCUT2D eigenvalue weighted by Gasteiger charge is 2.15. The lowest BCUT2D eigenvalue weighted by Gasteiger charge is -2.04. The zero-order valence-corrected chi connectivity index (χ0v) is 11.8. The van der Waals surface area contributed by atoms with E-state index in [1.165, 1.54) is 12.1 Å². The second kappa shape index (κ2) is 4.35. The molecule has 19 heavy (non-hydrogen) atoms. The molecule has 0 bridgehead atoms. The Labute approximate surface area is 118 Å². The van der Waals surface area contributed by atoms with Gasteiger partial charge in [-0.3, -0.25) is 4.40 Å². The van der Waals surface area contributed by atoms with E-state index in [4.69, 9.17) is 5.73 Å². The van der Waals surface area contributed by atoms with Crippen LogP contribution in [0.4, 0.5) is 10.2 Å². The minimum absolute atomic E-state index is 0.314. The number of hydrogen-bond acceptors (Lipinski definition) is 2. The predicted octanol–water partition coefficient (Wildman–Crippen LogP) is 3.79. The number of fused-ring (bicyclic) bond motifs is 1. The summed E-state index contributed by atoms with van der Waals surface area (Å²) in [6.07, 6.45) is 0. The number of benzene rings is 1. The Morgan fingerprint density at radius 3 is 2.79 bits per heavy atom. The molecule has 0 amide bonds. The largest absolute Gasteiger partial charge is 0.383 e. The van der Waals surface area contributed by atoms with Gasteiger partial charge in [0, 0.05) is 15.7 Å². The minimum Gasteiger partial charge on any atom is -0.383 e. The van der Waals surface area contributed by atoms with E-state index in [1.54, 1.807) is 6.07 Å². The molecule has 2 aromatic heterocycles. The molecule has 3 aromatic rings. The number of aryl methyl sites for hydroxylation is 1. The van der Waals surface area contributed by atoms with Crippen molar-refractivity contribution in [1.82, 2.24) is 9.38 Å². The molecule has 0 aliphatic carbocycles. The van der Waals surface area contributed by atoms with Crippen molar-refractivity contribution in [2.75, 3.05) is 5.73 Å². The summed E-state index contributed by atoms with van der Waals surface area (Å²) < 4.78 is 16.0. The lowest BCUT2D eigenvalue weighted by molar-refractivity contribution is 0.628. The van der Waals surface area contributed by atoms with Gasteiger partial charge in [0.25, 0.3) is 0 Å². The fourth-order valence-corrected chi connectivity index (χ4v) is 2.59. The predicted molar refractivity (Wildman–Crippen MR) is 77.4 cm³/mol. The molecule has 5 heteroatoms. The molecular formula is C14H11BrFN3. The van der Waals surface area contributed by atoms with Gasteiger partial charge in [0.05, 0.1) is 0 Å². The van der Waals surface area contributed by atoms with Crippen molar-refractivity contribution in [3.63, 3.8) is 0 Å². The molecule has 0 atom stereocenters. The highest BCUT2D eigenvalue weighted by Crippen LogP contribution is 2.33. The van der Waals surface area contributed by atoms with Crippen LogP contribution in [0.15, 0.2) is 40.9 Å². The summed E-state index contributed by atoms with van der Waals surface area (Å²) in [5, 5.41) is 0. The zero-order chi connectivity index (χ0) is 13.6. The van der Waals surface area contributed by atoms with Crippen LogP contribution >= 0.6 is 15.9 Å². The zero-order valence-electron chi connectivity index (χ0n) is 10.2. The van der Waals surface area contributed by atoms with Crippen LogP contribution in [0.5, 0.6) is 0 Å². The van der Waals surface area contributed by atoms with E-state index in [9.17, 15) is 4.39 Å². The van der Waals surface area contributed by atoms with Crippen LogP contribution < -0.4 is 5.73 Å². The molecular weight excluding hydrogens is 309 g/mol. The topological polar surface area (TPSA) is 43.3 Å². The van der Waals surface area contributed by atoms with Crippen LogP contribution in [-0.2, 0) is 0 Å². The van der Waals surface area contributed by atoms with Crippen molar-refractivity contribution in [1.29, 1.82) is 0 Å². The fraction of sp³-hybridized carbons (Fsp3) is 0.0714. The number of rotatable bonds is 1. The fourth-order valence-electron chi connectivity index (χ4n) is 2.16. The first-order valence-electron chi connectivity index (χ1n) is 5.77. The summed E-state index contributed by atoms with van der Waals surface area (Å²) in [6.45, 7) is 1.95. The Kier molecular flexibility index (Phi) is 2.78. The van der Waals surface area contributed by atoms with Crippen molar-refractivity contribution in [2.24, 2.45) is 0 Å². The molecule has 0 aliphatic rings. The Morgan fingerprint density at radius 1 is 1.26 bits per heavy atom. The van der Waals surface area contributed by atoms with Crippen molar-refractivity contribution < 1.29 is 4.39 Å². The van der Waals surface area contributed by atoms with Gasteiger partial charge in [-0.05, 0) is 37.3 Å². The first-order chi connectivity index (χ1) is 9.08. The van der Waals surface area contributed by atoms with Gasteiger partial charge in [-0.1, -0.05) is 22.0 Å². The molecule has 0 saturated carbocycles.